The molecule has 6 heteroatoms. The van der Waals surface area contributed by atoms with E-state index in [1.54, 1.807) is 18.2 Å². The van der Waals surface area contributed by atoms with Crippen molar-refractivity contribution in [1.29, 1.82) is 10.7 Å². The standard InChI is InChI=1S/C18H18N4OS/c1-12-3-2-4-15(16(12)11-24-18(20)21)17(23)22-10-14-7-5-13(9-19)6-8-14/h2-8H,10-11H2,1H3,(H3,20,21)(H,22,23). The molecule has 2 aromatic carbocycles. The summed E-state index contributed by atoms with van der Waals surface area (Å²) in [7, 11) is 0. The molecular weight excluding hydrogens is 320 g/mol. The summed E-state index contributed by atoms with van der Waals surface area (Å²) in [5.41, 5.74) is 9.39. The van der Waals surface area contributed by atoms with E-state index in [1.807, 2.05) is 31.2 Å². The number of carbonyl (C=O) groups excluding carboxylic acids is 1. The average Bonchev–Trinajstić information content (AvgIpc) is 2.58. The largest absolute Gasteiger partial charge is 0.379 e. The molecule has 0 aliphatic rings. The molecule has 0 bridgehead atoms. The van der Waals surface area contributed by atoms with Gasteiger partial charge < -0.3 is 11.1 Å². The molecule has 0 radical (unpaired) electrons. The first-order chi connectivity index (χ1) is 11.5. The van der Waals surface area contributed by atoms with Crippen molar-refractivity contribution in [2.45, 2.75) is 19.2 Å². The minimum Gasteiger partial charge on any atom is -0.379 e. The summed E-state index contributed by atoms with van der Waals surface area (Å²) in [6.45, 7) is 2.32. The van der Waals surface area contributed by atoms with Gasteiger partial charge in [-0.3, -0.25) is 10.2 Å². The summed E-state index contributed by atoms with van der Waals surface area (Å²) >= 11 is 1.20. The number of nitrogens with two attached hydrogens (primary N) is 1. The van der Waals surface area contributed by atoms with Crippen LogP contribution in [0.25, 0.3) is 0 Å². The Morgan fingerprint density at radius 3 is 2.62 bits per heavy atom. The Morgan fingerprint density at radius 2 is 2.00 bits per heavy atom. The fourth-order valence-electron chi connectivity index (χ4n) is 2.23. The molecular formula is C18H18N4OS. The van der Waals surface area contributed by atoms with Crippen LogP contribution in [0, 0.1) is 23.7 Å². The molecule has 0 heterocycles. The lowest BCUT2D eigenvalue weighted by atomic mass is 10.0. The zero-order valence-electron chi connectivity index (χ0n) is 13.3. The maximum atomic E-state index is 12.5. The van der Waals surface area contributed by atoms with Crippen molar-refractivity contribution < 1.29 is 4.79 Å². The van der Waals surface area contributed by atoms with Gasteiger partial charge in [-0.25, -0.2) is 0 Å². The first-order valence-corrected chi connectivity index (χ1v) is 8.32. The molecule has 0 aliphatic heterocycles. The second-order valence-electron chi connectivity index (χ2n) is 5.25. The van der Waals surface area contributed by atoms with Crippen molar-refractivity contribution in [2.24, 2.45) is 5.73 Å². The third-order valence-electron chi connectivity index (χ3n) is 3.56. The third-order valence-corrected chi connectivity index (χ3v) is 4.31. The molecule has 1 amide bonds. The number of benzene rings is 2. The van der Waals surface area contributed by atoms with E-state index in [4.69, 9.17) is 16.4 Å². The van der Waals surface area contributed by atoms with Crippen LogP contribution in [0.1, 0.15) is 32.6 Å². The summed E-state index contributed by atoms with van der Waals surface area (Å²) in [5.74, 6) is 0.323. The van der Waals surface area contributed by atoms with Crippen LogP contribution in [0.2, 0.25) is 0 Å². The number of nitrogens with zero attached hydrogens (tertiary/aromatic N) is 1. The summed E-state index contributed by atoms with van der Waals surface area (Å²) < 4.78 is 0. The molecule has 0 fully saturated rings. The van der Waals surface area contributed by atoms with Gasteiger partial charge in [-0.1, -0.05) is 36.0 Å². The number of amides is 1. The van der Waals surface area contributed by atoms with E-state index in [2.05, 4.69) is 11.4 Å². The molecule has 24 heavy (non-hydrogen) atoms. The second-order valence-corrected chi connectivity index (χ2v) is 6.26. The van der Waals surface area contributed by atoms with E-state index in [0.717, 1.165) is 16.7 Å². The molecule has 0 saturated heterocycles. The molecule has 2 aromatic rings. The van der Waals surface area contributed by atoms with Gasteiger partial charge in [0.1, 0.15) is 0 Å². The van der Waals surface area contributed by atoms with E-state index in [1.165, 1.54) is 11.8 Å². The molecule has 2 rings (SSSR count). The Hall–Kier alpha value is -2.78. The molecule has 0 aromatic heterocycles. The first kappa shape index (κ1) is 17.6. The normalized spacial score (nSPS) is 10.0. The Morgan fingerprint density at radius 1 is 1.29 bits per heavy atom. The van der Waals surface area contributed by atoms with Crippen LogP contribution in [0.4, 0.5) is 0 Å². The van der Waals surface area contributed by atoms with Gasteiger partial charge in [0.15, 0.2) is 5.17 Å². The van der Waals surface area contributed by atoms with E-state index in [-0.39, 0.29) is 11.1 Å². The van der Waals surface area contributed by atoms with Gasteiger partial charge in [0.25, 0.3) is 5.91 Å². The van der Waals surface area contributed by atoms with Gasteiger partial charge in [0, 0.05) is 17.9 Å². The average molecular weight is 338 g/mol. The lowest BCUT2D eigenvalue weighted by Gasteiger charge is -2.12. The lowest BCUT2D eigenvalue weighted by Crippen LogP contribution is -2.24. The number of carbonyl (C=O) groups is 1. The number of nitriles is 1. The van der Waals surface area contributed by atoms with Crippen molar-refractivity contribution >= 4 is 22.8 Å². The fraction of sp³-hybridized carbons (Fsp3) is 0.167. The van der Waals surface area contributed by atoms with Crippen molar-refractivity contribution in [2.75, 3.05) is 0 Å². The van der Waals surface area contributed by atoms with Crippen molar-refractivity contribution in [1.82, 2.24) is 5.32 Å². The second kappa shape index (κ2) is 8.18. The number of hydrogen-bond donors (Lipinski definition) is 3. The summed E-state index contributed by atoms with van der Waals surface area (Å²) in [6, 6.07) is 14.7. The minimum absolute atomic E-state index is 0.0298. The van der Waals surface area contributed by atoms with Crippen LogP contribution < -0.4 is 11.1 Å². The summed E-state index contributed by atoms with van der Waals surface area (Å²) in [5, 5.41) is 19.1. The van der Waals surface area contributed by atoms with Gasteiger partial charge in [0.05, 0.1) is 11.6 Å². The third kappa shape index (κ3) is 4.61. The monoisotopic (exact) mass is 338 g/mol. The predicted octanol–water partition coefficient (Wildman–Crippen LogP) is 2.92. The van der Waals surface area contributed by atoms with E-state index >= 15 is 0 Å². The van der Waals surface area contributed by atoms with Gasteiger partial charge in [-0.2, -0.15) is 5.26 Å². The van der Waals surface area contributed by atoms with Crippen LogP contribution in [-0.4, -0.2) is 11.1 Å². The van der Waals surface area contributed by atoms with Crippen LogP contribution in [0.15, 0.2) is 42.5 Å². The fourth-order valence-corrected chi connectivity index (χ4v) is 2.91. The number of aryl methyl sites for hydroxylation is 1. The van der Waals surface area contributed by atoms with E-state index in [0.29, 0.717) is 23.4 Å². The Labute approximate surface area is 145 Å². The first-order valence-electron chi connectivity index (χ1n) is 7.34. The van der Waals surface area contributed by atoms with Gasteiger partial charge >= 0.3 is 0 Å². The highest BCUT2D eigenvalue weighted by Crippen LogP contribution is 2.20. The maximum absolute atomic E-state index is 12.5. The molecule has 0 spiro atoms. The highest BCUT2D eigenvalue weighted by Gasteiger charge is 2.13. The number of rotatable bonds is 5. The molecule has 0 atom stereocenters. The summed E-state index contributed by atoms with van der Waals surface area (Å²) in [6.07, 6.45) is 0. The molecule has 4 N–H and O–H groups in total. The van der Waals surface area contributed by atoms with Crippen LogP contribution in [0.5, 0.6) is 0 Å². The Bertz CT molecular complexity index is 794. The van der Waals surface area contributed by atoms with Gasteiger partial charge in [-0.05, 0) is 41.8 Å². The number of thioether (sulfide) groups is 1. The van der Waals surface area contributed by atoms with Crippen LogP contribution in [0.3, 0.4) is 0 Å². The van der Waals surface area contributed by atoms with E-state index < -0.39 is 0 Å². The van der Waals surface area contributed by atoms with Crippen molar-refractivity contribution in [3.63, 3.8) is 0 Å². The maximum Gasteiger partial charge on any atom is 0.251 e. The van der Waals surface area contributed by atoms with Crippen molar-refractivity contribution in [3.8, 4) is 6.07 Å². The smallest absolute Gasteiger partial charge is 0.251 e. The SMILES string of the molecule is Cc1cccc(C(=O)NCc2ccc(C#N)cc2)c1CSC(=N)N. The molecule has 0 aliphatic carbocycles. The zero-order chi connectivity index (χ0) is 17.5. The molecule has 0 saturated carbocycles. The van der Waals surface area contributed by atoms with Crippen LogP contribution >= 0.6 is 11.8 Å². The molecule has 5 nitrogen and oxygen atoms in total. The van der Waals surface area contributed by atoms with Crippen LogP contribution in [-0.2, 0) is 12.3 Å². The van der Waals surface area contributed by atoms with Gasteiger partial charge in [-0.15, -0.1) is 0 Å². The van der Waals surface area contributed by atoms with Gasteiger partial charge in [0.2, 0.25) is 0 Å². The quantitative estimate of drug-likeness (QED) is 0.576. The highest BCUT2D eigenvalue weighted by atomic mass is 32.2. The lowest BCUT2D eigenvalue weighted by molar-refractivity contribution is 0.0950. The highest BCUT2D eigenvalue weighted by molar-refractivity contribution is 8.13. The number of nitrogens with one attached hydrogen (secondary N) is 2. The predicted molar refractivity (Wildman–Crippen MR) is 96.7 cm³/mol. The number of amidine groups is 1. The van der Waals surface area contributed by atoms with E-state index in [9.17, 15) is 4.79 Å². The topological polar surface area (TPSA) is 103 Å². The number of hydrogen-bond acceptors (Lipinski definition) is 4. The summed E-state index contributed by atoms with van der Waals surface area (Å²) in [4.78, 5) is 12.5. The zero-order valence-corrected chi connectivity index (χ0v) is 14.1. The molecule has 0 unspecified atom stereocenters. The Balaban J connectivity index is 2.09. The molecule has 122 valence electrons. The van der Waals surface area contributed by atoms with Crippen molar-refractivity contribution in [3.05, 3.63) is 70.3 Å². The Kier molecular flexibility index (Phi) is 5.99. The minimum atomic E-state index is -0.165.